The van der Waals surface area contributed by atoms with Gasteiger partial charge in [-0.2, -0.15) is 0 Å². The minimum atomic E-state index is -0.476. The molecule has 0 aromatic heterocycles. The fourth-order valence-electron chi connectivity index (χ4n) is 1.71. The molecule has 2 N–H and O–H groups in total. The van der Waals surface area contributed by atoms with Crippen LogP contribution in [0.15, 0.2) is 48.5 Å². The molecule has 0 spiro atoms. The molecule has 0 heterocycles. The summed E-state index contributed by atoms with van der Waals surface area (Å²) >= 11 is 5.77. The molecule has 2 aromatic rings. The summed E-state index contributed by atoms with van der Waals surface area (Å²) in [5, 5.41) is 0.599. The molecule has 0 radical (unpaired) electrons. The first kappa shape index (κ1) is 13.3. The largest absolute Gasteiger partial charge is 0.366 e. The van der Waals surface area contributed by atoms with Gasteiger partial charge in [0.15, 0.2) is 5.78 Å². The zero-order valence-corrected chi connectivity index (χ0v) is 10.9. The summed E-state index contributed by atoms with van der Waals surface area (Å²) in [6.07, 6.45) is 0.278. The van der Waals surface area contributed by atoms with Gasteiger partial charge in [0.25, 0.3) is 0 Å². The zero-order chi connectivity index (χ0) is 13.8. The van der Waals surface area contributed by atoms with Gasteiger partial charge in [-0.25, -0.2) is 0 Å². The van der Waals surface area contributed by atoms with Crippen molar-refractivity contribution in [2.45, 2.75) is 6.42 Å². The summed E-state index contributed by atoms with van der Waals surface area (Å²) in [5.74, 6) is -0.473. The van der Waals surface area contributed by atoms with E-state index >= 15 is 0 Å². The number of amides is 1. The molecule has 2 rings (SSSR count). The third kappa shape index (κ3) is 3.42. The summed E-state index contributed by atoms with van der Waals surface area (Å²) in [7, 11) is 0. The molecule has 96 valence electrons. The number of Topliss-reactive ketones (excluding diaryl/α,β-unsaturated/α-hetero) is 1. The molecule has 0 aliphatic rings. The number of hydrogen-bond donors (Lipinski definition) is 1. The second kappa shape index (κ2) is 5.67. The predicted molar refractivity (Wildman–Crippen MR) is 74.4 cm³/mol. The number of carbonyl (C=O) groups excluding carboxylic acids is 2. The first-order valence-electron chi connectivity index (χ1n) is 5.74. The molecule has 2 aromatic carbocycles. The number of rotatable bonds is 4. The number of nitrogens with two attached hydrogens (primary N) is 1. The van der Waals surface area contributed by atoms with E-state index in [4.69, 9.17) is 17.3 Å². The van der Waals surface area contributed by atoms with Crippen LogP contribution >= 0.6 is 11.6 Å². The first-order chi connectivity index (χ1) is 9.06. The maximum atomic E-state index is 12.0. The van der Waals surface area contributed by atoms with E-state index < -0.39 is 5.91 Å². The maximum absolute atomic E-state index is 12.0. The number of ketones is 1. The lowest BCUT2D eigenvalue weighted by Gasteiger charge is -2.03. The van der Waals surface area contributed by atoms with Crippen LogP contribution in [0.2, 0.25) is 5.02 Å². The van der Waals surface area contributed by atoms with Crippen molar-refractivity contribution in [2.75, 3.05) is 0 Å². The van der Waals surface area contributed by atoms with Gasteiger partial charge in [0.1, 0.15) is 0 Å². The molecule has 3 nitrogen and oxygen atoms in total. The van der Waals surface area contributed by atoms with E-state index in [1.807, 2.05) is 0 Å². The van der Waals surface area contributed by atoms with Crippen LogP contribution in [-0.2, 0) is 6.42 Å². The number of primary amides is 1. The molecular formula is C15H12ClNO2. The standard InChI is InChI=1S/C15H12ClNO2/c16-13-7-5-11(6-8-13)14(18)9-10-1-3-12(4-2-10)15(17)19/h1-8H,9H2,(H2,17,19). The molecule has 19 heavy (non-hydrogen) atoms. The molecule has 0 bridgehead atoms. The average Bonchev–Trinajstić information content (AvgIpc) is 2.40. The van der Waals surface area contributed by atoms with E-state index in [1.165, 1.54) is 0 Å². The van der Waals surface area contributed by atoms with E-state index in [0.29, 0.717) is 16.1 Å². The lowest BCUT2D eigenvalue weighted by molar-refractivity contribution is 0.0989. The summed E-state index contributed by atoms with van der Waals surface area (Å²) < 4.78 is 0. The van der Waals surface area contributed by atoms with Crippen LogP contribution in [-0.4, -0.2) is 11.7 Å². The molecule has 0 aliphatic carbocycles. The monoisotopic (exact) mass is 273 g/mol. The Labute approximate surface area is 116 Å². The summed E-state index contributed by atoms with van der Waals surface area (Å²) in [4.78, 5) is 22.9. The van der Waals surface area contributed by atoms with Crippen molar-refractivity contribution in [3.8, 4) is 0 Å². The SMILES string of the molecule is NC(=O)c1ccc(CC(=O)c2ccc(Cl)cc2)cc1. The number of carbonyl (C=O) groups is 2. The Morgan fingerprint density at radius 1 is 0.895 bits per heavy atom. The molecule has 0 saturated carbocycles. The highest BCUT2D eigenvalue weighted by Crippen LogP contribution is 2.13. The van der Waals surface area contributed by atoms with Crippen molar-refractivity contribution >= 4 is 23.3 Å². The van der Waals surface area contributed by atoms with Crippen molar-refractivity contribution in [1.29, 1.82) is 0 Å². The van der Waals surface area contributed by atoms with Crippen LogP contribution in [0.4, 0.5) is 0 Å². The van der Waals surface area contributed by atoms with E-state index in [0.717, 1.165) is 5.56 Å². The summed E-state index contributed by atoms with van der Waals surface area (Å²) in [6, 6.07) is 13.5. The summed E-state index contributed by atoms with van der Waals surface area (Å²) in [5.41, 5.74) is 7.04. The molecular weight excluding hydrogens is 262 g/mol. The van der Waals surface area contributed by atoms with Crippen LogP contribution in [0.5, 0.6) is 0 Å². The van der Waals surface area contributed by atoms with Gasteiger partial charge in [-0.15, -0.1) is 0 Å². The highest BCUT2D eigenvalue weighted by Gasteiger charge is 2.07. The van der Waals surface area contributed by atoms with Crippen molar-refractivity contribution in [3.63, 3.8) is 0 Å². The fourth-order valence-corrected chi connectivity index (χ4v) is 1.84. The molecule has 0 atom stereocenters. The second-order valence-electron chi connectivity index (χ2n) is 4.17. The Hall–Kier alpha value is -2.13. The van der Waals surface area contributed by atoms with E-state index in [-0.39, 0.29) is 12.2 Å². The molecule has 0 unspecified atom stereocenters. The van der Waals surface area contributed by atoms with E-state index in [2.05, 4.69) is 0 Å². The Morgan fingerprint density at radius 2 is 1.42 bits per heavy atom. The van der Waals surface area contributed by atoms with Gasteiger partial charge in [0.2, 0.25) is 5.91 Å². The molecule has 0 fully saturated rings. The molecule has 4 heteroatoms. The highest BCUT2D eigenvalue weighted by atomic mass is 35.5. The van der Waals surface area contributed by atoms with Crippen LogP contribution < -0.4 is 5.73 Å². The maximum Gasteiger partial charge on any atom is 0.248 e. The lowest BCUT2D eigenvalue weighted by atomic mass is 10.0. The Kier molecular flexibility index (Phi) is 3.97. The van der Waals surface area contributed by atoms with Gasteiger partial charge in [-0.3, -0.25) is 9.59 Å². The Bertz CT molecular complexity index is 603. The number of hydrogen-bond acceptors (Lipinski definition) is 2. The molecule has 0 aliphatic heterocycles. The second-order valence-corrected chi connectivity index (χ2v) is 4.60. The Balaban J connectivity index is 2.10. The van der Waals surface area contributed by atoms with Crippen LogP contribution in [0.3, 0.4) is 0 Å². The van der Waals surface area contributed by atoms with Crippen molar-refractivity contribution < 1.29 is 9.59 Å². The third-order valence-corrected chi connectivity index (χ3v) is 3.02. The molecule has 0 saturated heterocycles. The smallest absolute Gasteiger partial charge is 0.248 e. The van der Waals surface area contributed by atoms with Crippen LogP contribution in [0, 0.1) is 0 Å². The molecule has 1 amide bonds. The predicted octanol–water partition coefficient (Wildman–Crippen LogP) is 2.86. The first-order valence-corrected chi connectivity index (χ1v) is 6.11. The topological polar surface area (TPSA) is 60.2 Å². The highest BCUT2D eigenvalue weighted by molar-refractivity contribution is 6.30. The van der Waals surface area contributed by atoms with Gasteiger partial charge in [0.05, 0.1) is 0 Å². The van der Waals surface area contributed by atoms with Crippen LogP contribution in [0.25, 0.3) is 0 Å². The lowest BCUT2D eigenvalue weighted by Crippen LogP contribution is -2.11. The fraction of sp³-hybridized carbons (Fsp3) is 0.0667. The minimum Gasteiger partial charge on any atom is -0.366 e. The van der Waals surface area contributed by atoms with E-state index in [9.17, 15) is 9.59 Å². The van der Waals surface area contributed by atoms with E-state index in [1.54, 1.807) is 48.5 Å². The van der Waals surface area contributed by atoms with Gasteiger partial charge in [0, 0.05) is 22.6 Å². The van der Waals surface area contributed by atoms with Crippen molar-refractivity contribution in [2.24, 2.45) is 5.73 Å². The number of halogens is 1. The third-order valence-electron chi connectivity index (χ3n) is 2.77. The van der Waals surface area contributed by atoms with Crippen molar-refractivity contribution in [1.82, 2.24) is 0 Å². The Morgan fingerprint density at radius 3 is 1.95 bits per heavy atom. The van der Waals surface area contributed by atoms with Gasteiger partial charge in [-0.05, 0) is 42.0 Å². The van der Waals surface area contributed by atoms with Gasteiger partial charge >= 0.3 is 0 Å². The number of benzene rings is 2. The quantitative estimate of drug-likeness (QED) is 0.871. The van der Waals surface area contributed by atoms with Gasteiger partial charge in [-0.1, -0.05) is 23.7 Å². The average molecular weight is 274 g/mol. The van der Waals surface area contributed by atoms with Crippen molar-refractivity contribution in [3.05, 3.63) is 70.2 Å². The normalized spacial score (nSPS) is 10.2. The zero-order valence-electron chi connectivity index (χ0n) is 10.1. The van der Waals surface area contributed by atoms with Crippen LogP contribution in [0.1, 0.15) is 26.3 Å². The minimum absolute atomic E-state index is 0.00323. The summed E-state index contributed by atoms with van der Waals surface area (Å²) in [6.45, 7) is 0. The van der Waals surface area contributed by atoms with Gasteiger partial charge < -0.3 is 5.73 Å².